The van der Waals surface area contributed by atoms with Gasteiger partial charge in [0.25, 0.3) is 0 Å². The summed E-state index contributed by atoms with van der Waals surface area (Å²) in [6.45, 7) is 1.89. The van der Waals surface area contributed by atoms with Crippen molar-refractivity contribution in [1.82, 2.24) is 0 Å². The Kier molecular flexibility index (Phi) is 7.14. The first-order valence-corrected chi connectivity index (χ1v) is 7.65. The van der Waals surface area contributed by atoms with E-state index in [0.717, 1.165) is 30.2 Å². The zero-order valence-electron chi connectivity index (χ0n) is 10.1. The number of hydrogen-bond acceptors (Lipinski definition) is 0. The van der Waals surface area contributed by atoms with Gasteiger partial charge >= 0.3 is 0 Å². The van der Waals surface area contributed by atoms with Gasteiger partial charge in [-0.2, -0.15) is 0 Å². The van der Waals surface area contributed by atoms with Crippen molar-refractivity contribution >= 4 is 27.5 Å². The Morgan fingerprint density at radius 1 is 1.29 bits per heavy atom. The average molecular weight is 322 g/mol. The smallest absolute Gasteiger partial charge is 0.107 e. The molecular formula is C14H19BrClF. The van der Waals surface area contributed by atoms with Crippen LogP contribution in [0.3, 0.4) is 0 Å². The maximum Gasteiger partial charge on any atom is 0.107 e. The van der Waals surface area contributed by atoms with Gasteiger partial charge in [-0.1, -0.05) is 59.1 Å². The Bertz CT molecular complexity index is 330. The van der Waals surface area contributed by atoms with E-state index in [1.54, 1.807) is 0 Å². The molecule has 0 bridgehead atoms. The second kappa shape index (κ2) is 8.10. The van der Waals surface area contributed by atoms with Gasteiger partial charge in [0.1, 0.15) is 6.17 Å². The van der Waals surface area contributed by atoms with Crippen LogP contribution in [0.25, 0.3) is 0 Å². The summed E-state index contributed by atoms with van der Waals surface area (Å²) >= 11 is 9.56. The van der Waals surface area contributed by atoms with E-state index in [1.807, 2.05) is 31.2 Å². The second-order valence-electron chi connectivity index (χ2n) is 4.24. The molecule has 0 radical (unpaired) electrons. The zero-order valence-corrected chi connectivity index (χ0v) is 12.5. The van der Waals surface area contributed by atoms with E-state index in [1.165, 1.54) is 0 Å². The molecule has 96 valence electrons. The van der Waals surface area contributed by atoms with E-state index in [2.05, 4.69) is 15.9 Å². The van der Waals surface area contributed by atoms with Crippen molar-refractivity contribution < 1.29 is 4.39 Å². The fourth-order valence-electron chi connectivity index (χ4n) is 2.05. The Balaban J connectivity index is 2.79. The summed E-state index contributed by atoms with van der Waals surface area (Å²) in [5.41, 5.74) is 0.957. The van der Waals surface area contributed by atoms with E-state index < -0.39 is 6.17 Å². The molecule has 0 heterocycles. The number of alkyl halides is 2. The molecule has 0 N–H and O–H groups in total. The molecule has 17 heavy (non-hydrogen) atoms. The minimum Gasteiger partial charge on any atom is -0.247 e. The monoisotopic (exact) mass is 320 g/mol. The summed E-state index contributed by atoms with van der Waals surface area (Å²) < 4.78 is 14.0. The minimum absolute atomic E-state index is 0.0623. The summed E-state index contributed by atoms with van der Waals surface area (Å²) in [6, 6.07) is 7.61. The maximum absolute atomic E-state index is 14.0. The first kappa shape index (κ1) is 15.0. The van der Waals surface area contributed by atoms with Crippen LogP contribution in [0, 0.1) is 0 Å². The number of rotatable bonds is 7. The van der Waals surface area contributed by atoms with Crippen LogP contribution in [-0.4, -0.2) is 11.5 Å². The van der Waals surface area contributed by atoms with Crippen LogP contribution in [0.15, 0.2) is 24.3 Å². The van der Waals surface area contributed by atoms with E-state index >= 15 is 0 Å². The molecule has 0 nitrogen and oxygen atoms in total. The molecule has 0 aromatic heterocycles. The van der Waals surface area contributed by atoms with E-state index in [-0.39, 0.29) is 5.92 Å². The molecule has 0 aliphatic carbocycles. The van der Waals surface area contributed by atoms with Gasteiger partial charge in [-0.3, -0.25) is 0 Å². The molecular weight excluding hydrogens is 303 g/mol. The van der Waals surface area contributed by atoms with Crippen molar-refractivity contribution in [2.75, 3.05) is 5.33 Å². The van der Waals surface area contributed by atoms with Crippen molar-refractivity contribution in [2.45, 2.75) is 44.7 Å². The van der Waals surface area contributed by atoms with Crippen molar-refractivity contribution in [3.8, 4) is 0 Å². The van der Waals surface area contributed by atoms with Gasteiger partial charge in [-0.25, -0.2) is 4.39 Å². The lowest BCUT2D eigenvalue weighted by atomic mass is 9.88. The lowest BCUT2D eigenvalue weighted by Gasteiger charge is -2.21. The van der Waals surface area contributed by atoms with Gasteiger partial charge in [0.05, 0.1) is 0 Å². The lowest BCUT2D eigenvalue weighted by Crippen LogP contribution is -2.14. The second-order valence-corrected chi connectivity index (χ2v) is 5.44. The van der Waals surface area contributed by atoms with Crippen molar-refractivity contribution in [3.63, 3.8) is 0 Å². The van der Waals surface area contributed by atoms with Crippen LogP contribution in [-0.2, 0) is 0 Å². The summed E-state index contributed by atoms with van der Waals surface area (Å²) in [6.07, 6.45) is 2.72. The summed E-state index contributed by atoms with van der Waals surface area (Å²) in [5.74, 6) is -0.0623. The van der Waals surface area contributed by atoms with Crippen LogP contribution in [0.4, 0.5) is 4.39 Å². The van der Waals surface area contributed by atoms with Crippen molar-refractivity contribution in [1.29, 1.82) is 0 Å². The van der Waals surface area contributed by atoms with E-state index in [9.17, 15) is 4.39 Å². The van der Waals surface area contributed by atoms with Crippen molar-refractivity contribution in [2.24, 2.45) is 0 Å². The van der Waals surface area contributed by atoms with Gasteiger partial charge in [-0.15, -0.1) is 0 Å². The Morgan fingerprint density at radius 2 is 2.00 bits per heavy atom. The molecule has 0 aliphatic heterocycles. The number of benzene rings is 1. The quantitative estimate of drug-likeness (QED) is 0.444. The third-order valence-corrected chi connectivity index (χ3v) is 3.93. The topological polar surface area (TPSA) is 0 Å². The SMILES string of the molecule is CCC(F)C(CCCCBr)c1ccccc1Cl. The van der Waals surface area contributed by atoms with Gasteiger partial charge < -0.3 is 0 Å². The van der Waals surface area contributed by atoms with Crippen LogP contribution in [0.1, 0.15) is 44.1 Å². The highest BCUT2D eigenvalue weighted by atomic mass is 79.9. The molecule has 0 fully saturated rings. The average Bonchev–Trinajstić information content (AvgIpc) is 2.35. The first-order valence-electron chi connectivity index (χ1n) is 6.15. The Morgan fingerprint density at radius 3 is 2.59 bits per heavy atom. The molecule has 0 saturated heterocycles. The van der Waals surface area contributed by atoms with Gasteiger partial charge in [0, 0.05) is 16.3 Å². The molecule has 0 aliphatic rings. The van der Waals surface area contributed by atoms with Crippen molar-refractivity contribution in [3.05, 3.63) is 34.9 Å². The van der Waals surface area contributed by atoms with E-state index in [0.29, 0.717) is 11.4 Å². The van der Waals surface area contributed by atoms with Gasteiger partial charge in [-0.05, 0) is 30.9 Å². The molecule has 1 aromatic rings. The molecule has 0 spiro atoms. The molecule has 1 rings (SSSR count). The molecule has 3 heteroatoms. The largest absolute Gasteiger partial charge is 0.247 e. The highest BCUT2D eigenvalue weighted by molar-refractivity contribution is 9.09. The third-order valence-electron chi connectivity index (χ3n) is 3.03. The number of unbranched alkanes of at least 4 members (excludes halogenated alkanes) is 1. The van der Waals surface area contributed by atoms with Crippen LogP contribution in [0.2, 0.25) is 5.02 Å². The van der Waals surface area contributed by atoms with Gasteiger partial charge in [0.15, 0.2) is 0 Å². The highest BCUT2D eigenvalue weighted by Gasteiger charge is 2.22. The lowest BCUT2D eigenvalue weighted by molar-refractivity contribution is 0.261. The predicted molar refractivity (Wildman–Crippen MR) is 77.0 cm³/mol. The number of halogens is 3. The van der Waals surface area contributed by atoms with Gasteiger partial charge in [0.2, 0.25) is 0 Å². The first-order chi connectivity index (χ1) is 8.20. The molecule has 0 saturated carbocycles. The van der Waals surface area contributed by atoms with Crippen LogP contribution >= 0.6 is 27.5 Å². The summed E-state index contributed by atoms with van der Waals surface area (Å²) in [5, 5.41) is 1.66. The highest BCUT2D eigenvalue weighted by Crippen LogP contribution is 2.33. The maximum atomic E-state index is 14.0. The fraction of sp³-hybridized carbons (Fsp3) is 0.571. The predicted octanol–water partition coefficient (Wildman–Crippen LogP) is 5.74. The normalized spacial score (nSPS) is 14.6. The number of hydrogen-bond donors (Lipinski definition) is 0. The molecule has 0 amide bonds. The fourth-order valence-corrected chi connectivity index (χ4v) is 2.72. The van der Waals surface area contributed by atoms with E-state index in [4.69, 9.17) is 11.6 Å². The summed E-state index contributed by atoms with van der Waals surface area (Å²) in [4.78, 5) is 0. The minimum atomic E-state index is -0.801. The Hall–Kier alpha value is -0.0800. The zero-order chi connectivity index (χ0) is 12.7. The standard InChI is InChI=1S/C14H19BrClF/c1-2-14(17)12(8-5-6-10-15)11-7-3-4-9-13(11)16/h3-4,7,9,12,14H,2,5-6,8,10H2,1H3. The third kappa shape index (κ3) is 4.59. The van der Waals surface area contributed by atoms with Crippen LogP contribution in [0.5, 0.6) is 0 Å². The summed E-state index contributed by atoms with van der Waals surface area (Å²) in [7, 11) is 0. The molecule has 2 atom stereocenters. The van der Waals surface area contributed by atoms with Crippen LogP contribution < -0.4 is 0 Å². The molecule has 1 aromatic carbocycles. The molecule has 2 unspecified atom stereocenters. The Labute approximate surface area is 117 Å².